The number of nitrogens with two attached hydrogens (primary N) is 1. The Bertz CT molecular complexity index is 911. The molecule has 0 saturated heterocycles. The average molecular weight is 383 g/mol. The number of ether oxygens (including phenoxy) is 1. The van der Waals surface area contributed by atoms with E-state index in [4.69, 9.17) is 22.1 Å². The van der Waals surface area contributed by atoms with Gasteiger partial charge in [0.2, 0.25) is 0 Å². The number of nitrogens with one attached hydrogen (secondary N) is 1. The number of sulfone groups is 1. The van der Waals surface area contributed by atoms with Crippen LogP contribution in [0, 0.1) is 0 Å². The molecule has 0 fully saturated rings. The van der Waals surface area contributed by atoms with Gasteiger partial charge >= 0.3 is 0 Å². The molecule has 0 aliphatic heterocycles. The summed E-state index contributed by atoms with van der Waals surface area (Å²) in [5, 5.41) is 2.87. The molecule has 25 heavy (non-hydrogen) atoms. The SMILES string of the molecule is CS(=O)(=O)c1ccc(NC(=O)COc2ccc(Cl)cc2C(N)=O)cc1. The Hall–Kier alpha value is -2.58. The second kappa shape index (κ2) is 7.54. The van der Waals surface area contributed by atoms with Gasteiger partial charge in [-0.1, -0.05) is 11.6 Å². The zero-order valence-corrected chi connectivity index (χ0v) is 14.7. The summed E-state index contributed by atoms with van der Waals surface area (Å²) in [6.07, 6.45) is 1.09. The molecule has 0 aliphatic rings. The Morgan fingerprint density at radius 2 is 1.80 bits per heavy atom. The van der Waals surface area contributed by atoms with Crippen LogP contribution in [0.15, 0.2) is 47.4 Å². The number of carbonyl (C=O) groups is 2. The minimum absolute atomic E-state index is 0.0674. The predicted octanol–water partition coefficient (Wildman–Crippen LogP) is 1.86. The monoisotopic (exact) mass is 382 g/mol. The Morgan fingerprint density at radius 1 is 1.16 bits per heavy atom. The van der Waals surface area contributed by atoms with E-state index in [1.807, 2.05) is 0 Å². The van der Waals surface area contributed by atoms with Gasteiger partial charge in [-0.3, -0.25) is 9.59 Å². The molecule has 2 rings (SSSR count). The van der Waals surface area contributed by atoms with E-state index in [-0.39, 0.29) is 22.8 Å². The van der Waals surface area contributed by atoms with Crippen molar-refractivity contribution in [3.63, 3.8) is 0 Å². The van der Waals surface area contributed by atoms with Crippen LogP contribution < -0.4 is 15.8 Å². The first-order chi connectivity index (χ1) is 11.7. The van der Waals surface area contributed by atoms with Crippen molar-refractivity contribution < 1.29 is 22.7 Å². The van der Waals surface area contributed by atoms with Crippen molar-refractivity contribution in [1.29, 1.82) is 0 Å². The van der Waals surface area contributed by atoms with Crippen LogP contribution in [0.1, 0.15) is 10.4 Å². The summed E-state index contributed by atoms with van der Waals surface area (Å²) >= 11 is 5.79. The van der Waals surface area contributed by atoms with E-state index in [1.165, 1.54) is 42.5 Å². The fraction of sp³-hybridized carbons (Fsp3) is 0.125. The van der Waals surface area contributed by atoms with Crippen LogP contribution in [0.4, 0.5) is 5.69 Å². The third-order valence-corrected chi connectivity index (χ3v) is 4.50. The molecule has 0 saturated carbocycles. The smallest absolute Gasteiger partial charge is 0.262 e. The molecule has 0 spiro atoms. The maximum Gasteiger partial charge on any atom is 0.262 e. The summed E-state index contributed by atoms with van der Waals surface area (Å²) < 4.78 is 28.1. The number of hydrogen-bond acceptors (Lipinski definition) is 5. The van der Waals surface area contributed by atoms with Crippen molar-refractivity contribution in [3.8, 4) is 5.75 Å². The second-order valence-electron chi connectivity index (χ2n) is 5.14. The number of amides is 2. The summed E-state index contributed by atoms with van der Waals surface area (Å²) in [5.41, 5.74) is 5.71. The van der Waals surface area contributed by atoms with Gasteiger partial charge in [0.05, 0.1) is 10.5 Å². The highest BCUT2D eigenvalue weighted by molar-refractivity contribution is 7.90. The summed E-state index contributed by atoms with van der Waals surface area (Å²) in [6.45, 7) is -0.365. The predicted molar refractivity (Wildman–Crippen MR) is 93.6 cm³/mol. The van der Waals surface area contributed by atoms with E-state index < -0.39 is 21.7 Å². The highest BCUT2D eigenvalue weighted by atomic mass is 35.5. The quantitative estimate of drug-likeness (QED) is 0.791. The molecule has 0 aliphatic carbocycles. The number of rotatable bonds is 6. The molecule has 2 aromatic rings. The maximum absolute atomic E-state index is 11.9. The molecule has 2 aromatic carbocycles. The number of anilines is 1. The first kappa shape index (κ1) is 18.8. The van der Waals surface area contributed by atoms with Gasteiger partial charge in [0.25, 0.3) is 11.8 Å². The lowest BCUT2D eigenvalue weighted by atomic mass is 10.2. The zero-order valence-electron chi connectivity index (χ0n) is 13.2. The van der Waals surface area contributed by atoms with Crippen molar-refractivity contribution in [2.45, 2.75) is 4.90 Å². The van der Waals surface area contributed by atoms with Gasteiger partial charge in [-0.15, -0.1) is 0 Å². The summed E-state index contributed by atoms with van der Waals surface area (Å²) in [6, 6.07) is 9.99. The molecule has 3 N–H and O–H groups in total. The van der Waals surface area contributed by atoms with Crippen LogP contribution >= 0.6 is 11.6 Å². The van der Waals surface area contributed by atoms with Crippen LogP contribution in [-0.4, -0.2) is 33.1 Å². The molecule has 0 unspecified atom stereocenters. The van der Waals surface area contributed by atoms with Crippen molar-refractivity contribution in [1.82, 2.24) is 0 Å². The number of halogens is 1. The van der Waals surface area contributed by atoms with Crippen molar-refractivity contribution >= 4 is 38.9 Å². The van der Waals surface area contributed by atoms with Gasteiger partial charge in [0.15, 0.2) is 16.4 Å². The Morgan fingerprint density at radius 3 is 2.36 bits per heavy atom. The molecule has 0 heterocycles. The first-order valence-electron chi connectivity index (χ1n) is 6.99. The van der Waals surface area contributed by atoms with E-state index in [0.717, 1.165) is 6.26 Å². The van der Waals surface area contributed by atoms with Gasteiger partial charge in [0, 0.05) is 17.0 Å². The molecular weight excluding hydrogens is 368 g/mol. The van der Waals surface area contributed by atoms with Crippen molar-refractivity contribution in [3.05, 3.63) is 53.1 Å². The lowest BCUT2D eigenvalue weighted by Crippen LogP contribution is -2.21. The van der Waals surface area contributed by atoms with Gasteiger partial charge in [-0.05, 0) is 42.5 Å². The fourth-order valence-electron chi connectivity index (χ4n) is 1.95. The minimum Gasteiger partial charge on any atom is -0.483 e. The van der Waals surface area contributed by atoms with E-state index in [2.05, 4.69) is 5.32 Å². The second-order valence-corrected chi connectivity index (χ2v) is 7.59. The van der Waals surface area contributed by atoms with Gasteiger partial charge in [-0.2, -0.15) is 0 Å². The van der Waals surface area contributed by atoms with Crippen LogP contribution in [-0.2, 0) is 14.6 Å². The minimum atomic E-state index is -3.30. The third-order valence-electron chi connectivity index (χ3n) is 3.13. The number of hydrogen-bond donors (Lipinski definition) is 2. The third kappa shape index (κ3) is 5.20. The first-order valence-corrected chi connectivity index (χ1v) is 9.26. The largest absolute Gasteiger partial charge is 0.483 e. The topological polar surface area (TPSA) is 116 Å². The Kier molecular flexibility index (Phi) is 5.66. The summed E-state index contributed by atoms with van der Waals surface area (Å²) in [4.78, 5) is 23.4. The van der Waals surface area contributed by atoms with Crippen LogP contribution in [0.2, 0.25) is 5.02 Å². The van der Waals surface area contributed by atoms with E-state index >= 15 is 0 Å². The van der Waals surface area contributed by atoms with E-state index in [9.17, 15) is 18.0 Å². The maximum atomic E-state index is 11.9. The molecule has 0 atom stereocenters. The van der Waals surface area contributed by atoms with E-state index in [0.29, 0.717) is 10.7 Å². The molecule has 0 aromatic heterocycles. The highest BCUT2D eigenvalue weighted by Crippen LogP contribution is 2.22. The molecule has 7 nitrogen and oxygen atoms in total. The normalized spacial score (nSPS) is 11.0. The molecule has 132 valence electrons. The average Bonchev–Trinajstić information content (AvgIpc) is 2.53. The molecular formula is C16H15ClN2O5S. The number of primary amides is 1. The Balaban J connectivity index is 2.01. The van der Waals surface area contributed by atoms with Crippen molar-refractivity contribution in [2.75, 3.05) is 18.2 Å². The van der Waals surface area contributed by atoms with Crippen molar-refractivity contribution in [2.24, 2.45) is 5.73 Å². The molecule has 2 amide bonds. The molecule has 0 bridgehead atoms. The summed E-state index contributed by atoms with van der Waals surface area (Å²) in [5.74, 6) is -1.08. The standard InChI is InChI=1S/C16H15ClN2O5S/c1-25(22,23)12-5-3-11(4-6-12)19-15(20)9-24-14-7-2-10(17)8-13(14)16(18)21/h2-8H,9H2,1H3,(H2,18,21)(H,19,20). The van der Waals surface area contributed by atoms with Gasteiger partial charge < -0.3 is 15.8 Å². The number of benzene rings is 2. The van der Waals surface area contributed by atoms with E-state index in [1.54, 1.807) is 0 Å². The van der Waals surface area contributed by atoms with Crippen LogP contribution in [0.25, 0.3) is 0 Å². The lowest BCUT2D eigenvalue weighted by Gasteiger charge is -2.10. The lowest BCUT2D eigenvalue weighted by molar-refractivity contribution is -0.118. The van der Waals surface area contributed by atoms with Gasteiger partial charge in [-0.25, -0.2) is 8.42 Å². The van der Waals surface area contributed by atoms with Gasteiger partial charge in [0.1, 0.15) is 5.75 Å². The van der Waals surface area contributed by atoms with Crippen LogP contribution in [0.5, 0.6) is 5.75 Å². The molecule has 9 heteroatoms. The van der Waals surface area contributed by atoms with Crippen LogP contribution in [0.3, 0.4) is 0 Å². The number of carbonyl (C=O) groups excluding carboxylic acids is 2. The highest BCUT2D eigenvalue weighted by Gasteiger charge is 2.12. The Labute approximate surface area is 149 Å². The summed E-state index contributed by atoms with van der Waals surface area (Å²) in [7, 11) is -3.30. The zero-order chi connectivity index (χ0) is 18.6. The fourth-order valence-corrected chi connectivity index (χ4v) is 2.75. The molecule has 0 radical (unpaired) electrons.